The van der Waals surface area contributed by atoms with Gasteiger partial charge in [-0.15, -0.1) is 0 Å². The molecule has 0 aromatic carbocycles. The highest BCUT2D eigenvalue weighted by atomic mass is 16.6. The third-order valence-corrected chi connectivity index (χ3v) is 5.74. The minimum atomic E-state index is -0.479. The Kier molecular flexibility index (Phi) is 4.43. The smallest absolute Gasteiger partial charge is 0.333 e. The van der Waals surface area contributed by atoms with Gasteiger partial charge in [0.25, 0.3) is 0 Å². The van der Waals surface area contributed by atoms with Crippen molar-refractivity contribution in [1.29, 1.82) is 0 Å². The van der Waals surface area contributed by atoms with Gasteiger partial charge in [-0.2, -0.15) is 0 Å². The van der Waals surface area contributed by atoms with Gasteiger partial charge in [0.2, 0.25) is 0 Å². The van der Waals surface area contributed by atoms with E-state index in [0.29, 0.717) is 17.6 Å². The lowest BCUT2D eigenvalue weighted by molar-refractivity contribution is -0.148. The molecule has 0 bridgehead atoms. The topological polar surface area (TPSA) is 69.7 Å². The van der Waals surface area contributed by atoms with Gasteiger partial charge in [-0.3, -0.25) is 9.59 Å². The lowest BCUT2D eigenvalue weighted by atomic mass is 9.79. The molecule has 3 aliphatic rings. The summed E-state index contributed by atoms with van der Waals surface area (Å²) in [6.45, 7) is 9.09. The van der Waals surface area contributed by atoms with Gasteiger partial charge in [-0.25, -0.2) is 4.79 Å². The molecule has 0 spiro atoms. The van der Waals surface area contributed by atoms with Crippen molar-refractivity contribution >= 4 is 17.7 Å². The molecule has 0 amide bonds. The van der Waals surface area contributed by atoms with Gasteiger partial charge in [0.1, 0.15) is 12.2 Å². The van der Waals surface area contributed by atoms with E-state index in [-0.39, 0.29) is 35.5 Å². The summed E-state index contributed by atoms with van der Waals surface area (Å²) in [6, 6.07) is 0. The zero-order chi connectivity index (χ0) is 18.5. The van der Waals surface area contributed by atoms with Gasteiger partial charge in [0.05, 0.1) is 5.92 Å². The molecule has 1 saturated heterocycles. The van der Waals surface area contributed by atoms with E-state index >= 15 is 0 Å². The Hall–Kier alpha value is -2.17. The standard InChI is InChI=1S/C20H24O5/c1-6-9(2)19(22)24-14-8-11(4)15-13(21)7-10(3)16(15)18-17(14)12(5)20(23)25-18/h6-7,12,14,16-18H,8H2,1-5H3/b9-6+/t12-,14+,16-,17+,18+/m0/s1. The Balaban J connectivity index is 2.02. The van der Waals surface area contributed by atoms with Crippen molar-refractivity contribution in [3.63, 3.8) is 0 Å². The predicted molar refractivity (Wildman–Crippen MR) is 91.4 cm³/mol. The van der Waals surface area contributed by atoms with Crippen LogP contribution in [0.25, 0.3) is 0 Å². The molecule has 0 aromatic heterocycles. The molecule has 1 aliphatic heterocycles. The summed E-state index contributed by atoms with van der Waals surface area (Å²) in [5.74, 6) is -1.55. The first-order valence-electron chi connectivity index (χ1n) is 8.72. The van der Waals surface area contributed by atoms with Crippen molar-refractivity contribution in [3.8, 4) is 0 Å². The minimum absolute atomic E-state index is 0.0223. The maximum atomic E-state index is 12.4. The number of ketones is 1. The second-order valence-electron chi connectivity index (χ2n) is 7.31. The van der Waals surface area contributed by atoms with E-state index in [1.807, 2.05) is 20.8 Å². The van der Waals surface area contributed by atoms with Gasteiger partial charge in [0.15, 0.2) is 5.78 Å². The van der Waals surface area contributed by atoms with Crippen molar-refractivity contribution in [3.05, 3.63) is 34.4 Å². The molecule has 1 heterocycles. The van der Waals surface area contributed by atoms with Crippen molar-refractivity contribution in [2.24, 2.45) is 17.8 Å². The molecule has 5 nitrogen and oxygen atoms in total. The summed E-state index contributed by atoms with van der Waals surface area (Å²) in [5, 5.41) is 0. The van der Waals surface area contributed by atoms with Gasteiger partial charge in [-0.1, -0.05) is 24.1 Å². The summed E-state index contributed by atoms with van der Waals surface area (Å²) in [5.41, 5.74) is 3.05. The molecule has 1 fully saturated rings. The maximum Gasteiger partial charge on any atom is 0.333 e. The maximum absolute atomic E-state index is 12.4. The Morgan fingerprint density at radius 3 is 2.64 bits per heavy atom. The Labute approximate surface area is 147 Å². The van der Waals surface area contributed by atoms with Crippen LogP contribution in [-0.4, -0.2) is 29.9 Å². The van der Waals surface area contributed by atoms with Gasteiger partial charge in [-0.05, 0) is 33.8 Å². The Bertz CT molecular complexity index is 739. The number of carbonyl (C=O) groups excluding carboxylic acids is 3. The summed E-state index contributed by atoms with van der Waals surface area (Å²) >= 11 is 0. The van der Waals surface area contributed by atoms with Gasteiger partial charge >= 0.3 is 11.9 Å². The van der Waals surface area contributed by atoms with E-state index in [2.05, 4.69) is 0 Å². The molecular weight excluding hydrogens is 320 g/mol. The van der Waals surface area contributed by atoms with E-state index in [0.717, 1.165) is 11.1 Å². The summed E-state index contributed by atoms with van der Waals surface area (Å²) < 4.78 is 11.4. The van der Waals surface area contributed by atoms with Gasteiger partial charge in [0, 0.05) is 29.4 Å². The highest BCUT2D eigenvalue weighted by Crippen LogP contribution is 2.48. The molecule has 0 radical (unpaired) electrons. The zero-order valence-electron chi connectivity index (χ0n) is 15.3. The van der Waals surface area contributed by atoms with E-state index in [1.165, 1.54) is 0 Å². The zero-order valence-corrected chi connectivity index (χ0v) is 15.3. The van der Waals surface area contributed by atoms with Crippen molar-refractivity contribution in [1.82, 2.24) is 0 Å². The molecule has 25 heavy (non-hydrogen) atoms. The minimum Gasteiger partial charge on any atom is -0.461 e. The third-order valence-electron chi connectivity index (χ3n) is 5.74. The fraction of sp³-hybridized carbons (Fsp3) is 0.550. The summed E-state index contributed by atoms with van der Waals surface area (Å²) in [6.07, 6.45) is 2.85. The SMILES string of the molecule is C/C=C(\C)C(=O)O[C@@H]1CC(C)=C2C(=O)C=C(C)[C@@H]2[C@H]2OC(=O)[C@@H](C)[C@@H]21. The lowest BCUT2D eigenvalue weighted by Crippen LogP contribution is -2.38. The number of carbonyl (C=O) groups is 3. The van der Waals surface area contributed by atoms with Crippen LogP contribution in [0.1, 0.15) is 41.0 Å². The highest BCUT2D eigenvalue weighted by Gasteiger charge is 2.55. The number of fused-ring (bicyclic) bond motifs is 3. The Morgan fingerprint density at radius 1 is 1.32 bits per heavy atom. The largest absolute Gasteiger partial charge is 0.461 e. The average molecular weight is 344 g/mol. The summed E-state index contributed by atoms with van der Waals surface area (Å²) in [4.78, 5) is 37.0. The number of hydrogen-bond donors (Lipinski definition) is 0. The summed E-state index contributed by atoms with van der Waals surface area (Å²) in [7, 11) is 0. The van der Waals surface area contributed by atoms with Crippen molar-refractivity contribution < 1.29 is 23.9 Å². The number of ether oxygens (including phenoxy) is 2. The van der Waals surface area contributed by atoms with Crippen molar-refractivity contribution in [2.45, 2.75) is 53.2 Å². The fourth-order valence-corrected chi connectivity index (χ4v) is 4.26. The molecular formula is C20H24O5. The molecule has 2 aliphatic carbocycles. The molecule has 0 unspecified atom stereocenters. The van der Waals surface area contributed by atoms with Crippen LogP contribution in [0, 0.1) is 17.8 Å². The first-order valence-corrected chi connectivity index (χ1v) is 8.72. The third kappa shape index (κ3) is 2.75. The molecule has 5 heteroatoms. The van der Waals surface area contributed by atoms with Crippen LogP contribution in [0.2, 0.25) is 0 Å². The second-order valence-corrected chi connectivity index (χ2v) is 7.31. The molecule has 0 N–H and O–H groups in total. The van der Waals surface area contributed by atoms with Crippen LogP contribution >= 0.6 is 0 Å². The van der Waals surface area contributed by atoms with Crippen LogP contribution in [-0.2, 0) is 23.9 Å². The van der Waals surface area contributed by atoms with Crippen LogP contribution in [0.15, 0.2) is 34.4 Å². The lowest BCUT2D eigenvalue weighted by Gasteiger charge is -2.29. The van der Waals surface area contributed by atoms with E-state index < -0.39 is 12.2 Å². The van der Waals surface area contributed by atoms with Crippen LogP contribution < -0.4 is 0 Å². The number of allylic oxidation sites excluding steroid dienone is 2. The van der Waals surface area contributed by atoms with E-state index in [9.17, 15) is 14.4 Å². The highest BCUT2D eigenvalue weighted by molar-refractivity contribution is 6.09. The molecule has 3 rings (SSSR count). The predicted octanol–water partition coefficient (Wildman–Crippen LogP) is 2.91. The molecule has 0 aromatic rings. The molecule has 5 atom stereocenters. The van der Waals surface area contributed by atoms with Crippen LogP contribution in [0.3, 0.4) is 0 Å². The van der Waals surface area contributed by atoms with Crippen LogP contribution in [0.5, 0.6) is 0 Å². The molecule has 0 saturated carbocycles. The first kappa shape index (κ1) is 17.6. The first-order chi connectivity index (χ1) is 11.8. The van der Waals surface area contributed by atoms with Gasteiger partial charge < -0.3 is 9.47 Å². The van der Waals surface area contributed by atoms with E-state index in [1.54, 1.807) is 26.0 Å². The average Bonchev–Trinajstić information content (AvgIpc) is 2.96. The monoisotopic (exact) mass is 344 g/mol. The Morgan fingerprint density at radius 2 is 2.00 bits per heavy atom. The number of esters is 2. The van der Waals surface area contributed by atoms with E-state index in [4.69, 9.17) is 9.47 Å². The second kappa shape index (κ2) is 6.28. The fourth-order valence-electron chi connectivity index (χ4n) is 4.26. The molecule has 134 valence electrons. The number of hydrogen-bond acceptors (Lipinski definition) is 5. The normalized spacial score (nSPS) is 35.0. The quantitative estimate of drug-likeness (QED) is 0.569. The van der Waals surface area contributed by atoms with Crippen LogP contribution in [0.4, 0.5) is 0 Å². The number of rotatable bonds is 2. The van der Waals surface area contributed by atoms with Crippen molar-refractivity contribution in [2.75, 3.05) is 0 Å².